The fourth-order valence-corrected chi connectivity index (χ4v) is 2.46. The Kier molecular flexibility index (Phi) is 6.54. The van der Waals surface area contributed by atoms with Gasteiger partial charge in [-0.3, -0.25) is 4.79 Å². The highest BCUT2D eigenvalue weighted by Gasteiger charge is 2.30. The monoisotopic (exact) mass is 366 g/mol. The summed E-state index contributed by atoms with van der Waals surface area (Å²) >= 11 is 0. The lowest BCUT2D eigenvalue weighted by Gasteiger charge is -2.21. The van der Waals surface area contributed by atoms with Crippen molar-refractivity contribution in [1.82, 2.24) is 10.2 Å². The van der Waals surface area contributed by atoms with Gasteiger partial charge in [-0.15, -0.1) is 10.2 Å². The molecule has 2 rings (SSSR count). The van der Waals surface area contributed by atoms with Crippen LogP contribution in [0.2, 0.25) is 0 Å². The lowest BCUT2D eigenvalue weighted by molar-refractivity contribution is -0.137. The van der Waals surface area contributed by atoms with E-state index in [1.54, 1.807) is 6.07 Å². The minimum absolute atomic E-state index is 0.0408. The maximum atomic E-state index is 12.7. The highest BCUT2D eigenvalue weighted by Crippen LogP contribution is 2.30. The number of benzene rings is 1. The summed E-state index contributed by atoms with van der Waals surface area (Å²) in [5.74, 6) is 0.0604. The van der Waals surface area contributed by atoms with Crippen molar-refractivity contribution < 1.29 is 18.0 Å². The number of aromatic nitrogens is 2. The van der Waals surface area contributed by atoms with Gasteiger partial charge in [0.15, 0.2) is 11.5 Å². The number of hydrogen-bond donors (Lipinski definition) is 1. The highest BCUT2D eigenvalue weighted by molar-refractivity contribution is 6.02. The van der Waals surface area contributed by atoms with Gasteiger partial charge >= 0.3 is 6.18 Å². The summed E-state index contributed by atoms with van der Waals surface area (Å²) in [5, 5.41) is 10.4. The van der Waals surface area contributed by atoms with E-state index < -0.39 is 17.6 Å². The van der Waals surface area contributed by atoms with Gasteiger partial charge in [-0.2, -0.15) is 13.2 Å². The van der Waals surface area contributed by atoms with Gasteiger partial charge < -0.3 is 10.2 Å². The van der Waals surface area contributed by atoms with E-state index in [1.807, 2.05) is 0 Å². The number of halogens is 3. The Balaban J connectivity index is 2.11. The molecule has 0 aliphatic heterocycles. The van der Waals surface area contributed by atoms with Gasteiger partial charge in [-0.05, 0) is 43.2 Å². The zero-order valence-electron chi connectivity index (χ0n) is 14.7. The molecule has 0 radical (unpaired) electrons. The molecule has 2 aromatic rings. The zero-order valence-corrected chi connectivity index (χ0v) is 14.7. The van der Waals surface area contributed by atoms with Crippen LogP contribution < -0.4 is 10.2 Å². The smallest absolute Gasteiger partial charge is 0.355 e. The van der Waals surface area contributed by atoms with Crippen molar-refractivity contribution in [3.63, 3.8) is 0 Å². The van der Waals surface area contributed by atoms with E-state index in [2.05, 4.69) is 34.3 Å². The van der Waals surface area contributed by atoms with Crippen molar-refractivity contribution in [3.05, 3.63) is 47.7 Å². The summed E-state index contributed by atoms with van der Waals surface area (Å²) in [6.45, 7) is 5.79. The third kappa shape index (κ3) is 5.18. The summed E-state index contributed by atoms with van der Waals surface area (Å²) in [5.41, 5.74) is -0.736. The quantitative estimate of drug-likeness (QED) is 0.790. The Hall–Kier alpha value is -2.64. The lowest BCUT2D eigenvalue weighted by Crippen LogP contribution is -2.26. The number of rotatable bonds is 7. The molecule has 1 amide bonds. The number of nitrogens with one attached hydrogen (secondary N) is 1. The molecule has 0 unspecified atom stereocenters. The topological polar surface area (TPSA) is 58.1 Å². The van der Waals surface area contributed by atoms with Gasteiger partial charge in [0.05, 0.1) is 5.56 Å². The Bertz CT molecular complexity index is 726. The van der Waals surface area contributed by atoms with Crippen molar-refractivity contribution in [2.45, 2.75) is 32.9 Å². The molecule has 0 saturated carbocycles. The molecule has 1 heterocycles. The molecule has 26 heavy (non-hydrogen) atoms. The summed E-state index contributed by atoms with van der Waals surface area (Å²) in [7, 11) is 0. The van der Waals surface area contributed by atoms with Crippen molar-refractivity contribution in [3.8, 4) is 0 Å². The van der Waals surface area contributed by atoms with E-state index in [9.17, 15) is 18.0 Å². The summed E-state index contributed by atoms with van der Waals surface area (Å²) in [6.07, 6.45) is -2.55. The fraction of sp³-hybridized carbons (Fsp3) is 0.389. The first-order valence-electron chi connectivity index (χ1n) is 8.42. The van der Waals surface area contributed by atoms with Gasteiger partial charge in [0.25, 0.3) is 5.91 Å². The summed E-state index contributed by atoms with van der Waals surface area (Å²) in [4.78, 5) is 14.3. The molecule has 8 heteroatoms. The standard InChI is InChI=1S/C18H21F3N4O/c1-3-10-25(11-4-2)16-9-8-15(23-24-16)17(26)22-14-7-5-6-13(12-14)18(19,20)21/h5-9,12H,3-4,10-11H2,1-2H3,(H,22,26). The third-order valence-electron chi connectivity index (χ3n) is 3.64. The van der Waals surface area contributed by atoms with Gasteiger partial charge in [0.1, 0.15) is 0 Å². The number of amides is 1. The van der Waals surface area contributed by atoms with Crippen LogP contribution in [0.1, 0.15) is 42.7 Å². The van der Waals surface area contributed by atoms with Crippen molar-refractivity contribution in [2.75, 3.05) is 23.3 Å². The lowest BCUT2D eigenvalue weighted by atomic mass is 10.2. The molecule has 0 atom stereocenters. The first-order valence-corrected chi connectivity index (χ1v) is 8.42. The van der Waals surface area contributed by atoms with Crippen LogP contribution in [0.3, 0.4) is 0 Å². The first-order chi connectivity index (χ1) is 12.3. The van der Waals surface area contributed by atoms with Gasteiger partial charge in [-0.25, -0.2) is 0 Å². The molecule has 0 saturated heterocycles. The van der Waals surface area contributed by atoms with Gasteiger partial charge in [-0.1, -0.05) is 19.9 Å². The van der Waals surface area contributed by atoms with E-state index in [4.69, 9.17) is 0 Å². The van der Waals surface area contributed by atoms with Gasteiger partial charge in [0.2, 0.25) is 0 Å². The molecule has 1 aromatic carbocycles. The molecule has 5 nitrogen and oxygen atoms in total. The summed E-state index contributed by atoms with van der Waals surface area (Å²) in [6, 6.07) is 7.66. The largest absolute Gasteiger partial charge is 0.416 e. The molecule has 0 spiro atoms. The van der Waals surface area contributed by atoms with Gasteiger partial charge in [0, 0.05) is 18.8 Å². The molecule has 1 N–H and O–H groups in total. The number of anilines is 2. The minimum atomic E-state index is -4.47. The van der Waals surface area contributed by atoms with Crippen LogP contribution >= 0.6 is 0 Å². The van der Waals surface area contributed by atoms with Crippen LogP contribution in [-0.4, -0.2) is 29.2 Å². The molecule has 1 aromatic heterocycles. The van der Waals surface area contributed by atoms with Crippen LogP contribution in [-0.2, 0) is 6.18 Å². The third-order valence-corrected chi connectivity index (χ3v) is 3.64. The average molecular weight is 366 g/mol. The summed E-state index contributed by atoms with van der Waals surface area (Å²) < 4.78 is 38.2. The van der Waals surface area contributed by atoms with Crippen LogP contribution in [0.5, 0.6) is 0 Å². The van der Waals surface area contributed by atoms with Crippen LogP contribution in [0, 0.1) is 0 Å². The predicted molar refractivity (Wildman–Crippen MR) is 94.2 cm³/mol. The average Bonchev–Trinajstić information content (AvgIpc) is 2.61. The Morgan fingerprint density at radius 3 is 2.31 bits per heavy atom. The maximum Gasteiger partial charge on any atom is 0.416 e. The number of alkyl halides is 3. The Morgan fingerprint density at radius 2 is 1.77 bits per heavy atom. The maximum absolute atomic E-state index is 12.7. The number of hydrogen-bond acceptors (Lipinski definition) is 4. The van der Waals surface area contributed by atoms with Crippen LogP contribution in [0.25, 0.3) is 0 Å². The van der Waals surface area contributed by atoms with E-state index in [0.717, 1.165) is 38.1 Å². The molecular weight excluding hydrogens is 345 g/mol. The number of nitrogens with zero attached hydrogens (tertiary/aromatic N) is 3. The molecular formula is C18H21F3N4O. The van der Waals surface area contributed by atoms with Crippen molar-refractivity contribution >= 4 is 17.4 Å². The van der Waals surface area contributed by atoms with Crippen molar-refractivity contribution in [2.24, 2.45) is 0 Å². The highest BCUT2D eigenvalue weighted by atomic mass is 19.4. The second-order valence-corrected chi connectivity index (χ2v) is 5.80. The molecule has 0 aliphatic rings. The predicted octanol–water partition coefficient (Wildman–Crippen LogP) is 4.37. The van der Waals surface area contributed by atoms with E-state index in [0.29, 0.717) is 5.82 Å². The molecule has 0 fully saturated rings. The molecule has 0 aliphatic carbocycles. The second kappa shape index (κ2) is 8.64. The van der Waals surface area contributed by atoms with Crippen molar-refractivity contribution in [1.29, 1.82) is 0 Å². The number of carbonyl (C=O) groups is 1. The fourth-order valence-electron chi connectivity index (χ4n) is 2.46. The zero-order chi connectivity index (χ0) is 19.2. The normalized spacial score (nSPS) is 11.3. The second-order valence-electron chi connectivity index (χ2n) is 5.80. The van der Waals surface area contributed by atoms with E-state index in [1.165, 1.54) is 18.2 Å². The Labute approximate surface area is 150 Å². The Morgan fingerprint density at radius 1 is 1.08 bits per heavy atom. The van der Waals surface area contributed by atoms with E-state index in [-0.39, 0.29) is 11.4 Å². The molecule has 0 bridgehead atoms. The van der Waals surface area contributed by atoms with E-state index >= 15 is 0 Å². The molecule has 140 valence electrons. The first kappa shape index (κ1) is 19.7. The minimum Gasteiger partial charge on any atom is -0.355 e. The van der Waals surface area contributed by atoms with Crippen LogP contribution in [0.15, 0.2) is 36.4 Å². The number of carbonyl (C=O) groups excluding carboxylic acids is 1. The van der Waals surface area contributed by atoms with Crippen LogP contribution in [0.4, 0.5) is 24.7 Å². The SMILES string of the molecule is CCCN(CCC)c1ccc(C(=O)Nc2cccc(C(F)(F)F)c2)nn1.